The predicted molar refractivity (Wildman–Crippen MR) is 82.3 cm³/mol. The van der Waals surface area contributed by atoms with Crippen molar-refractivity contribution in [2.75, 3.05) is 13.6 Å². The van der Waals surface area contributed by atoms with Gasteiger partial charge in [0, 0.05) is 24.2 Å². The van der Waals surface area contributed by atoms with Gasteiger partial charge in [-0.25, -0.2) is 0 Å². The molecule has 1 fully saturated rings. The van der Waals surface area contributed by atoms with Crippen molar-refractivity contribution in [3.63, 3.8) is 0 Å². The molecule has 19 heavy (non-hydrogen) atoms. The molecule has 3 unspecified atom stereocenters. The van der Waals surface area contributed by atoms with Crippen LogP contribution < -0.4 is 5.73 Å². The Kier molecular flexibility index (Phi) is 5.26. The lowest BCUT2D eigenvalue weighted by atomic mass is 9.79. The second-order valence-electron chi connectivity index (χ2n) is 6.17. The molecule has 0 aliphatic heterocycles. The van der Waals surface area contributed by atoms with E-state index in [1.54, 1.807) is 0 Å². The minimum atomic E-state index is 0.379. The molecule has 1 aromatic rings. The summed E-state index contributed by atoms with van der Waals surface area (Å²) in [6, 6.07) is 8.49. The lowest BCUT2D eigenvalue weighted by Gasteiger charge is -2.35. The van der Waals surface area contributed by atoms with Crippen molar-refractivity contribution in [1.29, 1.82) is 0 Å². The summed E-state index contributed by atoms with van der Waals surface area (Å²) in [5, 5.41) is 0.800. The summed E-state index contributed by atoms with van der Waals surface area (Å²) < 4.78 is 0. The van der Waals surface area contributed by atoms with Gasteiger partial charge in [0.15, 0.2) is 0 Å². The first-order valence-corrected chi connectivity index (χ1v) is 7.61. The number of halogens is 1. The summed E-state index contributed by atoms with van der Waals surface area (Å²) in [6.07, 6.45) is 3.74. The maximum atomic E-state index is 6.26. The number of nitrogens with zero attached hydrogens (tertiary/aromatic N) is 1. The third kappa shape index (κ3) is 4.48. The average molecular weight is 281 g/mol. The van der Waals surface area contributed by atoms with Crippen molar-refractivity contribution < 1.29 is 0 Å². The highest BCUT2D eigenvalue weighted by molar-refractivity contribution is 6.30. The summed E-state index contributed by atoms with van der Waals surface area (Å²) in [6.45, 7) is 4.40. The van der Waals surface area contributed by atoms with Crippen LogP contribution in [0.5, 0.6) is 0 Å². The maximum Gasteiger partial charge on any atom is 0.0406 e. The molecule has 0 spiro atoms. The molecule has 2 rings (SSSR count). The zero-order valence-electron chi connectivity index (χ0n) is 12.0. The van der Waals surface area contributed by atoms with Gasteiger partial charge in [-0.3, -0.25) is 0 Å². The second-order valence-corrected chi connectivity index (χ2v) is 6.60. The molecule has 0 bridgehead atoms. The van der Waals surface area contributed by atoms with Crippen molar-refractivity contribution >= 4 is 11.6 Å². The Morgan fingerprint density at radius 3 is 2.63 bits per heavy atom. The molecule has 1 aromatic carbocycles. The number of rotatable bonds is 4. The summed E-state index contributed by atoms with van der Waals surface area (Å²) in [5.41, 5.74) is 7.57. The fourth-order valence-electron chi connectivity index (χ4n) is 3.10. The molecule has 2 nitrogen and oxygen atoms in total. The largest absolute Gasteiger partial charge is 0.327 e. The fourth-order valence-corrected chi connectivity index (χ4v) is 3.22. The van der Waals surface area contributed by atoms with E-state index in [2.05, 4.69) is 31.0 Å². The van der Waals surface area contributed by atoms with Crippen molar-refractivity contribution in [1.82, 2.24) is 4.90 Å². The van der Waals surface area contributed by atoms with E-state index in [9.17, 15) is 0 Å². The van der Waals surface area contributed by atoms with Gasteiger partial charge in [-0.1, -0.05) is 30.7 Å². The van der Waals surface area contributed by atoms with Crippen LogP contribution in [0.3, 0.4) is 0 Å². The van der Waals surface area contributed by atoms with Crippen LogP contribution in [0.2, 0.25) is 5.02 Å². The van der Waals surface area contributed by atoms with Crippen LogP contribution in [-0.4, -0.2) is 24.5 Å². The minimum absolute atomic E-state index is 0.379. The van der Waals surface area contributed by atoms with Gasteiger partial charge in [0.2, 0.25) is 0 Å². The van der Waals surface area contributed by atoms with Gasteiger partial charge in [0.25, 0.3) is 0 Å². The normalized spacial score (nSPS) is 27.7. The highest BCUT2D eigenvalue weighted by Gasteiger charge is 2.26. The fraction of sp³-hybridized carbons (Fsp3) is 0.625. The molecule has 1 aliphatic carbocycles. The Hall–Kier alpha value is -0.570. The van der Waals surface area contributed by atoms with E-state index in [1.807, 2.05) is 12.1 Å². The van der Waals surface area contributed by atoms with Gasteiger partial charge >= 0.3 is 0 Å². The molecular weight excluding hydrogens is 256 g/mol. The number of hydrogen-bond acceptors (Lipinski definition) is 2. The van der Waals surface area contributed by atoms with E-state index >= 15 is 0 Å². The molecular formula is C16H25ClN2. The Balaban J connectivity index is 1.86. The maximum absolute atomic E-state index is 6.26. The van der Waals surface area contributed by atoms with Crippen LogP contribution in [0.15, 0.2) is 24.3 Å². The van der Waals surface area contributed by atoms with Crippen LogP contribution >= 0.6 is 11.6 Å². The van der Waals surface area contributed by atoms with E-state index in [-0.39, 0.29) is 0 Å². The lowest BCUT2D eigenvalue weighted by molar-refractivity contribution is 0.177. The molecule has 0 radical (unpaired) electrons. The van der Waals surface area contributed by atoms with E-state index in [4.69, 9.17) is 17.3 Å². The first kappa shape index (κ1) is 14.8. The Labute approximate surface area is 121 Å². The molecule has 3 atom stereocenters. The van der Waals surface area contributed by atoms with Crippen molar-refractivity contribution in [3.8, 4) is 0 Å². The van der Waals surface area contributed by atoms with Gasteiger partial charge in [-0.15, -0.1) is 0 Å². The van der Waals surface area contributed by atoms with Crippen LogP contribution in [-0.2, 0) is 6.54 Å². The smallest absolute Gasteiger partial charge is 0.0406 e. The molecule has 0 amide bonds. The standard InChI is InChI=1S/C16H25ClN2/c1-12-3-8-16(18)14(9-12)11-19(2)10-13-4-6-15(17)7-5-13/h4-7,12,14,16H,3,8-11,18H2,1-2H3. The Morgan fingerprint density at radius 1 is 1.26 bits per heavy atom. The molecule has 106 valence electrons. The SMILES string of the molecule is CC1CCC(N)C(CN(C)Cc2ccc(Cl)cc2)C1. The zero-order valence-corrected chi connectivity index (χ0v) is 12.7. The molecule has 2 N–H and O–H groups in total. The van der Waals surface area contributed by atoms with E-state index < -0.39 is 0 Å². The highest BCUT2D eigenvalue weighted by Crippen LogP contribution is 2.28. The number of nitrogens with two attached hydrogens (primary N) is 1. The zero-order chi connectivity index (χ0) is 13.8. The van der Waals surface area contributed by atoms with Crippen LogP contribution in [0, 0.1) is 11.8 Å². The Bertz CT molecular complexity index is 390. The Morgan fingerprint density at radius 2 is 1.95 bits per heavy atom. The van der Waals surface area contributed by atoms with Crippen molar-refractivity contribution in [3.05, 3.63) is 34.9 Å². The highest BCUT2D eigenvalue weighted by atomic mass is 35.5. The monoisotopic (exact) mass is 280 g/mol. The van der Waals surface area contributed by atoms with E-state index in [0.29, 0.717) is 12.0 Å². The summed E-state index contributed by atoms with van der Waals surface area (Å²) in [7, 11) is 2.18. The van der Waals surface area contributed by atoms with E-state index in [1.165, 1.54) is 24.8 Å². The molecule has 0 saturated heterocycles. The number of benzene rings is 1. The molecule has 1 saturated carbocycles. The first-order chi connectivity index (χ1) is 9.04. The van der Waals surface area contributed by atoms with Gasteiger partial charge in [-0.05, 0) is 55.8 Å². The predicted octanol–water partition coefficient (Wildman–Crippen LogP) is 3.54. The first-order valence-electron chi connectivity index (χ1n) is 7.23. The van der Waals surface area contributed by atoms with Gasteiger partial charge < -0.3 is 10.6 Å². The third-order valence-electron chi connectivity index (χ3n) is 4.22. The topological polar surface area (TPSA) is 29.3 Å². The third-order valence-corrected chi connectivity index (χ3v) is 4.47. The second kappa shape index (κ2) is 6.74. The van der Waals surface area contributed by atoms with Crippen molar-refractivity contribution in [2.45, 2.75) is 38.8 Å². The molecule has 0 aromatic heterocycles. The summed E-state index contributed by atoms with van der Waals surface area (Å²) in [5.74, 6) is 1.47. The average Bonchev–Trinajstić information content (AvgIpc) is 2.37. The molecule has 0 heterocycles. The minimum Gasteiger partial charge on any atom is -0.327 e. The van der Waals surface area contributed by atoms with E-state index in [0.717, 1.165) is 24.0 Å². The molecule has 3 heteroatoms. The van der Waals surface area contributed by atoms with Gasteiger partial charge in [-0.2, -0.15) is 0 Å². The summed E-state index contributed by atoms with van der Waals surface area (Å²) >= 11 is 5.91. The molecule has 1 aliphatic rings. The number of hydrogen-bond donors (Lipinski definition) is 1. The van der Waals surface area contributed by atoms with Gasteiger partial charge in [0.05, 0.1) is 0 Å². The van der Waals surface area contributed by atoms with Crippen LogP contribution in [0.25, 0.3) is 0 Å². The van der Waals surface area contributed by atoms with Crippen molar-refractivity contribution in [2.24, 2.45) is 17.6 Å². The quantitative estimate of drug-likeness (QED) is 0.914. The lowest BCUT2D eigenvalue weighted by Crippen LogP contribution is -2.41. The summed E-state index contributed by atoms with van der Waals surface area (Å²) in [4.78, 5) is 2.38. The van der Waals surface area contributed by atoms with Gasteiger partial charge in [0.1, 0.15) is 0 Å². The van der Waals surface area contributed by atoms with Crippen LogP contribution in [0.1, 0.15) is 31.7 Å². The van der Waals surface area contributed by atoms with Crippen LogP contribution in [0.4, 0.5) is 0 Å².